The molecule has 0 bridgehead atoms. The number of aryl methyl sites for hydroxylation is 1. The van der Waals surface area contributed by atoms with Crippen molar-refractivity contribution in [3.63, 3.8) is 0 Å². The minimum atomic E-state index is -0.866. The second-order valence-electron chi connectivity index (χ2n) is 8.73. The number of carbonyl (C=O) groups excluding carboxylic acids is 2. The summed E-state index contributed by atoms with van der Waals surface area (Å²) in [6.45, 7) is 4.01. The Morgan fingerprint density at radius 2 is 1.59 bits per heavy atom. The second kappa shape index (κ2) is 9.82. The number of Topliss-reactive ketones (excluding diaryl/α,β-unsaturated/α-hetero) is 1. The summed E-state index contributed by atoms with van der Waals surface area (Å²) in [5.74, 6) is -0.0781. The summed E-state index contributed by atoms with van der Waals surface area (Å²) in [7, 11) is 0. The van der Waals surface area contributed by atoms with Crippen LogP contribution in [0.3, 0.4) is 0 Å². The first kappa shape index (κ1) is 23.9. The maximum atomic E-state index is 13.2. The Morgan fingerprint density at radius 1 is 1.03 bits per heavy atom. The standard InChI is InChI=1S/C26H29N3O2.BrH/c1-19-16-29(18-28(19)17-20(2)30)24-14-13-23(15-24)26(25(27)31,21-9-5-3-6-10-21)22-11-7-4-8-12-22;/h3-12,16,18,23-24H,13-15,17H2,1-2H3,(H-,27,31);1H/t23-,24-;/m1./s1. The summed E-state index contributed by atoms with van der Waals surface area (Å²) in [4.78, 5) is 24.8. The molecular formula is C26H30BrN3O2. The fraction of sp³-hybridized carbons (Fsp3) is 0.346. The number of ketones is 1. The first-order valence-electron chi connectivity index (χ1n) is 10.9. The van der Waals surface area contributed by atoms with Gasteiger partial charge in [-0.25, -0.2) is 9.13 Å². The van der Waals surface area contributed by atoms with E-state index in [2.05, 4.69) is 10.8 Å². The minimum absolute atomic E-state index is 0. The number of benzene rings is 2. The third-order valence-electron chi connectivity index (χ3n) is 6.74. The van der Waals surface area contributed by atoms with Gasteiger partial charge in [-0.3, -0.25) is 9.59 Å². The van der Waals surface area contributed by atoms with E-state index < -0.39 is 5.41 Å². The molecule has 4 rings (SSSR count). The lowest BCUT2D eigenvalue weighted by Gasteiger charge is -2.37. The molecule has 2 N–H and O–H groups in total. The Balaban J connectivity index is 0.00000289. The van der Waals surface area contributed by atoms with Crippen LogP contribution in [0.5, 0.6) is 0 Å². The van der Waals surface area contributed by atoms with Gasteiger partial charge >= 0.3 is 0 Å². The fourth-order valence-electron chi connectivity index (χ4n) is 5.33. The van der Waals surface area contributed by atoms with Gasteiger partial charge in [0.15, 0.2) is 5.78 Å². The molecule has 1 amide bonds. The highest BCUT2D eigenvalue weighted by Gasteiger charge is 2.50. The van der Waals surface area contributed by atoms with Crippen LogP contribution >= 0.6 is 0 Å². The quantitative estimate of drug-likeness (QED) is 0.484. The monoisotopic (exact) mass is 495 g/mol. The predicted octanol–water partition coefficient (Wildman–Crippen LogP) is 0.490. The normalized spacial score (nSPS) is 18.2. The van der Waals surface area contributed by atoms with Crippen molar-refractivity contribution in [3.8, 4) is 0 Å². The summed E-state index contributed by atoms with van der Waals surface area (Å²) >= 11 is 0. The van der Waals surface area contributed by atoms with Gasteiger partial charge in [0.25, 0.3) is 0 Å². The van der Waals surface area contributed by atoms with Crippen LogP contribution < -0.4 is 27.3 Å². The van der Waals surface area contributed by atoms with Crippen molar-refractivity contribution in [3.05, 3.63) is 90.0 Å². The SMILES string of the molecule is CC(=O)C[n+]1cn([C@@H]2CC[C@@H](C(C(N)=O)(c3ccccc3)c3ccccc3)C2)cc1C.[Br-]. The van der Waals surface area contributed by atoms with Gasteiger partial charge in [0, 0.05) is 6.92 Å². The number of hydrogen-bond donors (Lipinski definition) is 1. The third kappa shape index (κ3) is 4.29. The number of nitrogens with two attached hydrogens (primary N) is 1. The molecule has 32 heavy (non-hydrogen) atoms. The molecule has 168 valence electrons. The molecule has 1 heterocycles. The average Bonchev–Trinajstić information content (AvgIpc) is 3.37. The molecule has 1 aliphatic carbocycles. The number of nitrogens with zero attached hydrogens (tertiary/aromatic N) is 2. The zero-order chi connectivity index (χ0) is 22.0. The van der Waals surface area contributed by atoms with E-state index in [1.807, 2.05) is 78.5 Å². The second-order valence-corrected chi connectivity index (χ2v) is 8.73. The topological polar surface area (TPSA) is 69.0 Å². The van der Waals surface area contributed by atoms with Gasteiger partial charge < -0.3 is 22.7 Å². The molecule has 2 atom stereocenters. The van der Waals surface area contributed by atoms with E-state index in [0.29, 0.717) is 6.54 Å². The number of hydrogen-bond acceptors (Lipinski definition) is 2. The van der Waals surface area contributed by atoms with Crippen molar-refractivity contribution in [1.82, 2.24) is 4.57 Å². The number of amides is 1. The molecule has 0 aliphatic heterocycles. The molecule has 1 aliphatic rings. The van der Waals surface area contributed by atoms with E-state index in [4.69, 9.17) is 5.73 Å². The van der Waals surface area contributed by atoms with Gasteiger partial charge in [0.1, 0.15) is 29.9 Å². The van der Waals surface area contributed by atoms with Crippen LogP contribution in [-0.2, 0) is 21.5 Å². The summed E-state index contributed by atoms with van der Waals surface area (Å²) < 4.78 is 4.20. The summed E-state index contributed by atoms with van der Waals surface area (Å²) in [5, 5.41) is 0. The number of carbonyl (C=O) groups is 2. The molecule has 6 heteroatoms. The number of rotatable bonds is 7. The van der Waals surface area contributed by atoms with Crippen LogP contribution in [0.15, 0.2) is 73.2 Å². The summed E-state index contributed by atoms with van der Waals surface area (Å²) in [5.41, 5.74) is 8.30. The first-order valence-corrected chi connectivity index (χ1v) is 10.9. The molecule has 0 unspecified atom stereocenters. The number of aromatic nitrogens is 2. The third-order valence-corrected chi connectivity index (χ3v) is 6.74. The highest BCUT2D eigenvalue weighted by molar-refractivity contribution is 5.91. The Hall–Kier alpha value is -2.73. The van der Waals surface area contributed by atoms with Crippen LogP contribution in [0.25, 0.3) is 0 Å². The lowest BCUT2D eigenvalue weighted by Crippen LogP contribution is -3.00. The van der Waals surface area contributed by atoms with Crippen LogP contribution in [-0.4, -0.2) is 16.3 Å². The molecule has 0 saturated heterocycles. The lowest BCUT2D eigenvalue weighted by molar-refractivity contribution is -0.689. The number of imidazole rings is 1. The Bertz CT molecular complexity index is 1040. The van der Waals surface area contributed by atoms with Crippen LogP contribution in [0.1, 0.15) is 49.0 Å². The van der Waals surface area contributed by atoms with Gasteiger partial charge in [0.05, 0.1) is 0 Å². The Morgan fingerprint density at radius 3 is 2.09 bits per heavy atom. The molecule has 0 spiro atoms. The largest absolute Gasteiger partial charge is 1.00 e. The molecular weight excluding hydrogens is 466 g/mol. The van der Waals surface area contributed by atoms with E-state index in [-0.39, 0.29) is 40.6 Å². The lowest BCUT2D eigenvalue weighted by atomic mass is 9.64. The van der Waals surface area contributed by atoms with Crippen LogP contribution in [0, 0.1) is 12.8 Å². The maximum Gasteiger partial charge on any atom is 0.244 e. The van der Waals surface area contributed by atoms with Crippen molar-refractivity contribution in [2.45, 2.75) is 51.1 Å². The minimum Gasteiger partial charge on any atom is -1.00 e. The highest BCUT2D eigenvalue weighted by Crippen LogP contribution is 2.49. The summed E-state index contributed by atoms with van der Waals surface area (Å²) in [6, 6.07) is 20.2. The molecule has 1 aromatic heterocycles. The van der Waals surface area contributed by atoms with Crippen molar-refractivity contribution in [2.75, 3.05) is 0 Å². The Labute approximate surface area is 200 Å². The number of primary amides is 1. The average molecular weight is 496 g/mol. The highest BCUT2D eigenvalue weighted by atomic mass is 79.9. The van der Waals surface area contributed by atoms with Crippen molar-refractivity contribution < 1.29 is 31.1 Å². The first-order chi connectivity index (χ1) is 14.9. The smallest absolute Gasteiger partial charge is 0.244 e. The molecule has 5 nitrogen and oxygen atoms in total. The van der Waals surface area contributed by atoms with E-state index >= 15 is 0 Å². The van der Waals surface area contributed by atoms with Gasteiger partial charge in [0.2, 0.25) is 12.2 Å². The fourth-order valence-corrected chi connectivity index (χ4v) is 5.33. The van der Waals surface area contributed by atoms with Gasteiger partial charge in [-0.15, -0.1) is 0 Å². The van der Waals surface area contributed by atoms with E-state index in [0.717, 1.165) is 36.1 Å². The van der Waals surface area contributed by atoms with E-state index in [1.165, 1.54) is 0 Å². The molecule has 1 saturated carbocycles. The van der Waals surface area contributed by atoms with E-state index in [1.54, 1.807) is 6.92 Å². The molecule has 3 aromatic rings. The zero-order valence-corrected chi connectivity index (χ0v) is 20.2. The predicted molar refractivity (Wildman–Crippen MR) is 119 cm³/mol. The van der Waals surface area contributed by atoms with Crippen LogP contribution in [0.2, 0.25) is 0 Å². The van der Waals surface area contributed by atoms with Crippen LogP contribution in [0.4, 0.5) is 0 Å². The van der Waals surface area contributed by atoms with Crippen molar-refractivity contribution >= 4 is 11.7 Å². The Kier molecular flexibility index (Phi) is 7.34. The molecule has 1 fully saturated rings. The van der Waals surface area contributed by atoms with Gasteiger partial charge in [-0.2, -0.15) is 0 Å². The van der Waals surface area contributed by atoms with E-state index in [9.17, 15) is 9.59 Å². The number of halogens is 1. The van der Waals surface area contributed by atoms with Gasteiger partial charge in [-0.05, 0) is 43.2 Å². The summed E-state index contributed by atoms with van der Waals surface area (Å²) in [6.07, 6.45) is 6.85. The maximum absolute atomic E-state index is 13.2. The zero-order valence-electron chi connectivity index (χ0n) is 18.6. The molecule has 0 radical (unpaired) electrons. The van der Waals surface area contributed by atoms with Crippen molar-refractivity contribution in [2.24, 2.45) is 11.7 Å². The van der Waals surface area contributed by atoms with Crippen molar-refractivity contribution in [1.29, 1.82) is 0 Å². The molecule has 2 aromatic carbocycles. The van der Waals surface area contributed by atoms with Gasteiger partial charge in [-0.1, -0.05) is 60.7 Å².